The standard InChI is InChI=1S/C32H36Cl2N4O5S/c33-26-10-13-30(29(34)22-26)43-38(27-6-2-1-3-7-27)44(41,42)28-11-8-25(9-12-28)32(40)35-23-31(39)37-20-15-24(16-21-37)14-19-36-17-4-5-18-36/h1-3,6-13,22,24H,4-5,14-21,23H2,(H,35,40). The van der Waals surface area contributed by atoms with Crippen LogP contribution in [0.4, 0.5) is 5.69 Å². The molecule has 12 heteroatoms. The van der Waals surface area contributed by atoms with Crippen LogP contribution >= 0.6 is 23.2 Å². The molecule has 0 bridgehead atoms. The summed E-state index contributed by atoms with van der Waals surface area (Å²) in [5, 5.41) is 3.18. The molecule has 3 aromatic carbocycles. The second-order valence-corrected chi connectivity index (χ2v) is 13.7. The molecule has 44 heavy (non-hydrogen) atoms. The lowest BCUT2D eigenvalue weighted by Gasteiger charge is -2.32. The van der Waals surface area contributed by atoms with Gasteiger partial charge in [0.1, 0.15) is 0 Å². The molecule has 0 atom stereocenters. The van der Waals surface area contributed by atoms with Gasteiger partial charge in [0, 0.05) is 23.7 Å². The Kier molecular flexibility index (Phi) is 10.7. The quantitative estimate of drug-likeness (QED) is 0.268. The van der Waals surface area contributed by atoms with E-state index >= 15 is 0 Å². The summed E-state index contributed by atoms with van der Waals surface area (Å²) in [4.78, 5) is 35.6. The first-order chi connectivity index (χ1) is 21.2. The van der Waals surface area contributed by atoms with E-state index in [1.165, 1.54) is 74.8 Å². The minimum atomic E-state index is -4.25. The first-order valence-electron chi connectivity index (χ1n) is 14.8. The third-order valence-electron chi connectivity index (χ3n) is 8.09. The minimum absolute atomic E-state index is 0.0930. The van der Waals surface area contributed by atoms with Crippen LogP contribution in [0.3, 0.4) is 0 Å². The van der Waals surface area contributed by atoms with Crippen molar-refractivity contribution in [2.75, 3.05) is 43.7 Å². The number of nitrogens with zero attached hydrogens (tertiary/aromatic N) is 3. The molecule has 0 unspecified atom stereocenters. The first-order valence-corrected chi connectivity index (χ1v) is 17.0. The fourth-order valence-corrected chi connectivity index (χ4v) is 7.21. The highest BCUT2D eigenvalue weighted by Crippen LogP contribution is 2.32. The van der Waals surface area contributed by atoms with Crippen LogP contribution in [0.5, 0.6) is 5.75 Å². The molecule has 0 spiro atoms. The van der Waals surface area contributed by atoms with E-state index in [4.69, 9.17) is 28.0 Å². The molecule has 2 heterocycles. The van der Waals surface area contributed by atoms with Gasteiger partial charge in [0.05, 0.1) is 22.2 Å². The zero-order chi connectivity index (χ0) is 31.1. The summed E-state index contributed by atoms with van der Waals surface area (Å²) >= 11 is 12.2. The van der Waals surface area contributed by atoms with Gasteiger partial charge in [-0.3, -0.25) is 9.59 Å². The Morgan fingerprint density at radius 1 is 0.909 bits per heavy atom. The summed E-state index contributed by atoms with van der Waals surface area (Å²) in [7, 11) is -4.25. The topological polar surface area (TPSA) is 99.3 Å². The van der Waals surface area contributed by atoms with Gasteiger partial charge in [-0.2, -0.15) is 8.42 Å². The molecule has 2 amide bonds. The predicted octanol–water partition coefficient (Wildman–Crippen LogP) is 5.64. The fraction of sp³-hybridized carbons (Fsp3) is 0.375. The molecule has 234 valence electrons. The summed E-state index contributed by atoms with van der Waals surface area (Å²) in [5.41, 5.74) is 0.472. The highest BCUT2D eigenvalue weighted by molar-refractivity contribution is 7.92. The molecule has 2 aliphatic heterocycles. The number of hydrogen-bond donors (Lipinski definition) is 1. The predicted molar refractivity (Wildman–Crippen MR) is 172 cm³/mol. The number of piperidine rings is 1. The Bertz CT molecular complexity index is 1540. The van der Waals surface area contributed by atoms with Gasteiger partial charge in [-0.15, -0.1) is 0 Å². The zero-order valence-corrected chi connectivity index (χ0v) is 26.7. The average molecular weight is 660 g/mol. The van der Waals surface area contributed by atoms with Gasteiger partial charge >= 0.3 is 0 Å². The maximum Gasteiger partial charge on any atom is 0.295 e. The Balaban J connectivity index is 1.17. The lowest BCUT2D eigenvalue weighted by Crippen LogP contribution is -2.44. The van der Waals surface area contributed by atoms with Crippen LogP contribution in [-0.2, 0) is 14.8 Å². The van der Waals surface area contributed by atoms with E-state index in [1.807, 2.05) is 4.90 Å². The van der Waals surface area contributed by atoms with Gasteiger partial charge in [-0.1, -0.05) is 45.9 Å². The maximum atomic E-state index is 13.7. The van der Waals surface area contributed by atoms with E-state index in [1.54, 1.807) is 30.3 Å². The number of halogens is 2. The number of amides is 2. The molecular formula is C32H36Cl2N4O5S. The van der Waals surface area contributed by atoms with Crippen molar-refractivity contribution in [3.63, 3.8) is 0 Å². The van der Waals surface area contributed by atoms with E-state index in [0.29, 0.717) is 24.0 Å². The number of carbonyl (C=O) groups is 2. The zero-order valence-electron chi connectivity index (χ0n) is 24.3. The molecule has 0 aromatic heterocycles. The molecule has 0 saturated carbocycles. The minimum Gasteiger partial charge on any atom is -0.363 e. The lowest BCUT2D eigenvalue weighted by atomic mass is 9.93. The smallest absolute Gasteiger partial charge is 0.295 e. The maximum absolute atomic E-state index is 13.7. The number of carbonyl (C=O) groups excluding carboxylic acids is 2. The van der Waals surface area contributed by atoms with Crippen molar-refractivity contribution in [1.29, 1.82) is 0 Å². The van der Waals surface area contributed by atoms with Crippen LogP contribution in [0.25, 0.3) is 0 Å². The highest BCUT2D eigenvalue weighted by Gasteiger charge is 2.29. The second-order valence-electron chi connectivity index (χ2n) is 11.1. The van der Waals surface area contributed by atoms with Crippen molar-refractivity contribution in [2.45, 2.75) is 37.0 Å². The molecule has 2 fully saturated rings. The van der Waals surface area contributed by atoms with E-state index in [2.05, 4.69) is 10.2 Å². The van der Waals surface area contributed by atoms with Gasteiger partial charge < -0.3 is 20.0 Å². The molecule has 5 rings (SSSR count). The molecular weight excluding hydrogens is 623 g/mol. The number of sulfonamides is 1. The van der Waals surface area contributed by atoms with Crippen molar-refractivity contribution in [2.24, 2.45) is 5.92 Å². The number of rotatable bonds is 11. The number of para-hydroxylation sites is 1. The van der Waals surface area contributed by atoms with E-state index in [-0.39, 0.29) is 39.4 Å². The third kappa shape index (κ3) is 8.04. The van der Waals surface area contributed by atoms with Crippen LogP contribution in [0.2, 0.25) is 10.0 Å². The Morgan fingerprint density at radius 2 is 1.59 bits per heavy atom. The van der Waals surface area contributed by atoms with Gasteiger partial charge in [0.25, 0.3) is 15.9 Å². The van der Waals surface area contributed by atoms with Crippen LogP contribution < -0.4 is 14.6 Å². The van der Waals surface area contributed by atoms with Gasteiger partial charge in [-0.25, -0.2) is 0 Å². The summed E-state index contributed by atoms with van der Waals surface area (Å²) in [5.74, 6) is 0.143. The average Bonchev–Trinajstić information content (AvgIpc) is 3.56. The number of nitrogens with one attached hydrogen (secondary N) is 1. The highest BCUT2D eigenvalue weighted by atomic mass is 35.5. The van der Waals surface area contributed by atoms with Gasteiger partial charge in [0.15, 0.2) is 5.75 Å². The van der Waals surface area contributed by atoms with Crippen LogP contribution in [0, 0.1) is 5.92 Å². The molecule has 1 N–H and O–H groups in total. The molecule has 2 aliphatic rings. The van der Waals surface area contributed by atoms with Crippen molar-refractivity contribution >= 4 is 50.7 Å². The summed E-state index contributed by atoms with van der Waals surface area (Å²) < 4.78 is 28.2. The SMILES string of the molecule is O=C(NCC(=O)N1CCC(CCN2CCCC2)CC1)c1ccc(S(=O)(=O)N(Oc2ccc(Cl)cc2Cl)c2ccccc2)cc1. The van der Waals surface area contributed by atoms with Crippen LogP contribution in [-0.4, -0.2) is 69.3 Å². The summed E-state index contributed by atoms with van der Waals surface area (Å²) in [6.07, 6.45) is 5.73. The van der Waals surface area contributed by atoms with Crippen molar-refractivity contribution in [1.82, 2.24) is 15.1 Å². The Labute approximate surface area is 268 Å². The van der Waals surface area contributed by atoms with E-state index in [9.17, 15) is 18.0 Å². The van der Waals surface area contributed by atoms with Crippen LogP contribution in [0.15, 0.2) is 77.7 Å². The molecule has 3 aromatic rings. The van der Waals surface area contributed by atoms with Crippen LogP contribution in [0.1, 0.15) is 42.5 Å². The Hall–Kier alpha value is -3.31. The fourth-order valence-electron chi connectivity index (χ4n) is 5.52. The van der Waals surface area contributed by atoms with Gasteiger partial charge in [-0.05, 0) is 112 Å². The van der Waals surface area contributed by atoms with E-state index in [0.717, 1.165) is 23.9 Å². The molecule has 2 saturated heterocycles. The Morgan fingerprint density at radius 3 is 2.25 bits per heavy atom. The van der Waals surface area contributed by atoms with Crippen molar-refractivity contribution < 1.29 is 22.8 Å². The van der Waals surface area contributed by atoms with E-state index < -0.39 is 15.9 Å². The number of benzene rings is 3. The molecule has 0 aliphatic carbocycles. The molecule has 9 nitrogen and oxygen atoms in total. The number of anilines is 1. The largest absolute Gasteiger partial charge is 0.363 e. The van der Waals surface area contributed by atoms with Gasteiger partial charge in [0.2, 0.25) is 5.91 Å². The van der Waals surface area contributed by atoms with Crippen molar-refractivity contribution in [3.05, 3.63) is 88.4 Å². The molecule has 0 radical (unpaired) electrons. The first kappa shape index (κ1) is 32.1. The lowest BCUT2D eigenvalue weighted by molar-refractivity contribution is -0.131. The number of likely N-dealkylation sites (tertiary alicyclic amines) is 2. The third-order valence-corrected chi connectivity index (χ3v) is 10.2. The normalized spacial score (nSPS) is 16.1. The summed E-state index contributed by atoms with van der Waals surface area (Å²) in [6, 6.07) is 18.2. The summed E-state index contributed by atoms with van der Waals surface area (Å²) in [6.45, 7) is 4.84. The second kappa shape index (κ2) is 14.6. The monoisotopic (exact) mass is 658 g/mol. The number of hydrogen-bond acceptors (Lipinski definition) is 6. The van der Waals surface area contributed by atoms with Crippen molar-refractivity contribution in [3.8, 4) is 5.75 Å².